The van der Waals surface area contributed by atoms with Gasteiger partial charge in [0.1, 0.15) is 10.7 Å². The van der Waals surface area contributed by atoms with Gasteiger partial charge in [-0.15, -0.1) is 0 Å². The minimum Gasteiger partial charge on any atom is -0.388 e. The van der Waals surface area contributed by atoms with E-state index >= 15 is 0 Å². The molecular formula is C11H11ClN4S. The molecule has 0 aliphatic rings. The van der Waals surface area contributed by atoms with E-state index in [1.165, 1.54) is 0 Å². The molecule has 0 fully saturated rings. The first-order chi connectivity index (χ1) is 8.02. The van der Waals surface area contributed by atoms with E-state index in [0.717, 1.165) is 17.1 Å². The third-order valence-corrected chi connectivity index (χ3v) is 3.19. The smallest absolute Gasteiger partial charge is 0.124 e. The quantitative estimate of drug-likeness (QED) is 0.847. The van der Waals surface area contributed by atoms with Crippen LogP contribution in [0.25, 0.3) is 5.69 Å². The van der Waals surface area contributed by atoms with Crippen molar-refractivity contribution in [2.75, 3.05) is 0 Å². The fourth-order valence-corrected chi connectivity index (χ4v) is 1.89. The van der Waals surface area contributed by atoms with Gasteiger partial charge in [-0.1, -0.05) is 23.8 Å². The van der Waals surface area contributed by atoms with E-state index in [1.807, 2.05) is 26.0 Å². The second kappa shape index (κ2) is 4.43. The third kappa shape index (κ3) is 2.03. The highest BCUT2D eigenvalue weighted by atomic mass is 35.5. The Hall–Kier alpha value is -1.46. The predicted molar refractivity (Wildman–Crippen MR) is 71.7 cm³/mol. The van der Waals surface area contributed by atoms with Gasteiger partial charge >= 0.3 is 0 Å². The molecule has 0 saturated carbocycles. The number of rotatable bonds is 2. The van der Waals surface area contributed by atoms with Crippen LogP contribution in [0.5, 0.6) is 0 Å². The molecule has 2 heterocycles. The SMILES string of the molecule is Cc1nn(-c2cccnc2C(N)=S)c(C)c1Cl. The van der Waals surface area contributed by atoms with Crippen molar-refractivity contribution in [3.05, 3.63) is 40.4 Å². The van der Waals surface area contributed by atoms with Crippen LogP contribution in [-0.2, 0) is 0 Å². The Balaban J connectivity index is 2.68. The number of thiocarbonyl (C=S) groups is 1. The Bertz CT molecular complexity index is 591. The van der Waals surface area contributed by atoms with Crippen molar-refractivity contribution in [3.8, 4) is 5.69 Å². The van der Waals surface area contributed by atoms with E-state index in [1.54, 1.807) is 10.9 Å². The summed E-state index contributed by atoms with van der Waals surface area (Å²) in [7, 11) is 0. The number of aromatic nitrogens is 3. The first-order valence-electron chi connectivity index (χ1n) is 4.99. The topological polar surface area (TPSA) is 56.7 Å². The first kappa shape index (κ1) is 12.0. The number of hydrogen-bond donors (Lipinski definition) is 1. The van der Waals surface area contributed by atoms with E-state index in [4.69, 9.17) is 29.6 Å². The van der Waals surface area contributed by atoms with Crippen molar-refractivity contribution in [2.45, 2.75) is 13.8 Å². The molecule has 0 radical (unpaired) electrons. The maximum absolute atomic E-state index is 6.11. The number of aryl methyl sites for hydroxylation is 1. The van der Waals surface area contributed by atoms with Crippen LogP contribution in [0.4, 0.5) is 0 Å². The monoisotopic (exact) mass is 266 g/mol. The standard InChI is InChI=1S/C11H11ClN4S/c1-6-9(12)7(2)16(15-6)8-4-3-5-14-10(8)11(13)17/h3-5H,1-2H3,(H2,13,17). The Morgan fingerprint density at radius 3 is 2.71 bits per heavy atom. The summed E-state index contributed by atoms with van der Waals surface area (Å²) in [5.41, 5.74) is 8.54. The molecule has 0 aliphatic heterocycles. The molecular weight excluding hydrogens is 256 g/mol. The van der Waals surface area contributed by atoms with Crippen LogP contribution in [0.2, 0.25) is 5.02 Å². The highest BCUT2D eigenvalue weighted by molar-refractivity contribution is 7.80. The van der Waals surface area contributed by atoms with Crippen molar-refractivity contribution < 1.29 is 0 Å². The number of halogens is 1. The Kier molecular flexibility index (Phi) is 3.13. The van der Waals surface area contributed by atoms with Crippen LogP contribution >= 0.6 is 23.8 Å². The van der Waals surface area contributed by atoms with E-state index < -0.39 is 0 Å². The number of pyridine rings is 1. The van der Waals surface area contributed by atoms with E-state index in [9.17, 15) is 0 Å². The lowest BCUT2D eigenvalue weighted by Gasteiger charge is -2.08. The summed E-state index contributed by atoms with van der Waals surface area (Å²) in [6, 6.07) is 3.67. The van der Waals surface area contributed by atoms with Gasteiger partial charge in [0, 0.05) is 6.20 Å². The van der Waals surface area contributed by atoms with Crippen LogP contribution in [0.15, 0.2) is 18.3 Å². The zero-order chi connectivity index (χ0) is 12.6. The lowest BCUT2D eigenvalue weighted by Crippen LogP contribution is -2.16. The molecule has 0 atom stereocenters. The molecule has 0 unspecified atom stereocenters. The second-order valence-electron chi connectivity index (χ2n) is 3.63. The number of nitrogens with zero attached hydrogens (tertiary/aromatic N) is 3. The van der Waals surface area contributed by atoms with Crippen LogP contribution in [0, 0.1) is 13.8 Å². The van der Waals surface area contributed by atoms with Gasteiger partial charge < -0.3 is 5.73 Å². The van der Waals surface area contributed by atoms with Crippen molar-refractivity contribution in [3.63, 3.8) is 0 Å². The average Bonchev–Trinajstić information content (AvgIpc) is 2.57. The zero-order valence-corrected chi connectivity index (χ0v) is 11.0. The molecule has 2 rings (SSSR count). The normalized spacial score (nSPS) is 10.5. The molecule has 0 aromatic carbocycles. The van der Waals surface area contributed by atoms with Crippen LogP contribution < -0.4 is 5.73 Å². The molecule has 0 aliphatic carbocycles. The van der Waals surface area contributed by atoms with Crippen molar-refractivity contribution >= 4 is 28.8 Å². The third-order valence-electron chi connectivity index (χ3n) is 2.45. The molecule has 4 nitrogen and oxygen atoms in total. The lowest BCUT2D eigenvalue weighted by molar-refractivity contribution is 0.826. The van der Waals surface area contributed by atoms with Crippen molar-refractivity contribution in [1.29, 1.82) is 0 Å². The Morgan fingerprint density at radius 2 is 2.18 bits per heavy atom. The molecule has 2 N–H and O–H groups in total. The predicted octanol–water partition coefficient (Wildman–Crippen LogP) is 2.17. The van der Waals surface area contributed by atoms with Crippen molar-refractivity contribution in [1.82, 2.24) is 14.8 Å². The summed E-state index contributed by atoms with van der Waals surface area (Å²) in [4.78, 5) is 4.40. The molecule has 6 heteroatoms. The molecule has 0 saturated heterocycles. The summed E-state index contributed by atoms with van der Waals surface area (Å²) in [6.07, 6.45) is 1.64. The van der Waals surface area contributed by atoms with Gasteiger partial charge in [0.15, 0.2) is 0 Å². The highest BCUT2D eigenvalue weighted by Crippen LogP contribution is 2.23. The lowest BCUT2D eigenvalue weighted by atomic mass is 10.3. The molecule has 0 amide bonds. The maximum atomic E-state index is 6.11. The van der Waals surface area contributed by atoms with Gasteiger partial charge in [-0.2, -0.15) is 5.10 Å². The average molecular weight is 267 g/mol. The van der Waals surface area contributed by atoms with Crippen LogP contribution in [-0.4, -0.2) is 19.8 Å². The summed E-state index contributed by atoms with van der Waals surface area (Å²) in [5, 5.41) is 4.99. The Morgan fingerprint density at radius 1 is 1.47 bits per heavy atom. The van der Waals surface area contributed by atoms with Crippen LogP contribution in [0.3, 0.4) is 0 Å². The molecule has 2 aromatic rings. The summed E-state index contributed by atoms with van der Waals surface area (Å²) in [5.74, 6) is 0. The van der Waals surface area contributed by atoms with Crippen molar-refractivity contribution in [2.24, 2.45) is 5.73 Å². The molecule has 88 valence electrons. The van der Waals surface area contributed by atoms with Gasteiger partial charge in [-0.3, -0.25) is 4.98 Å². The summed E-state index contributed by atoms with van der Waals surface area (Å²) in [6.45, 7) is 3.74. The van der Waals surface area contributed by atoms with Crippen LogP contribution in [0.1, 0.15) is 17.1 Å². The minimum absolute atomic E-state index is 0.240. The fourth-order valence-electron chi connectivity index (χ4n) is 1.62. The summed E-state index contributed by atoms with van der Waals surface area (Å²) >= 11 is 11.1. The largest absolute Gasteiger partial charge is 0.388 e. The number of hydrogen-bond acceptors (Lipinski definition) is 3. The molecule has 0 bridgehead atoms. The maximum Gasteiger partial charge on any atom is 0.124 e. The number of nitrogens with two attached hydrogens (primary N) is 1. The zero-order valence-electron chi connectivity index (χ0n) is 9.44. The summed E-state index contributed by atoms with van der Waals surface area (Å²) < 4.78 is 1.71. The first-order valence-corrected chi connectivity index (χ1v) is 5.78. The van der Waals surface area contributed by atoms with E-state index in [2.05, 4.69) is 10.1 Å². The van der Waals surface area contributed by atoms with Gasteiger partial charge in [-0.05, 0) is 26.0 Å². The fraction of sp³-hybridized carbons (Fsp3) is 0.182. The van der Waals surface area contributed by atoms with Gasteiger partial charge in [0.2, 0.25) is 0 Å². The minimum atomic E-state index is 0.240. The second-order valence-corrected chi connectivity index (χ2v) is 4.45. The molecule has 2 aromatic heterocycles. The van der Waals surface area contributed by atoms with E-state index in [0.29, 0.717) is 10.7 Å². The molecule has 17 heavy (non-hydrogen) atoms. The highest BCUT2D eigenvalue weighted by Gasteiger charge is 2.15. The van der Waals surface area contributed by atoms with Gasteiger partial charge in [-0.25, -0.2) is 4.68 Å². The van der Waals surface area contributed by atoms with E-state index in [-0.39, 0.29) is 4.99 Å². The Labute approximate surface area is 109 Å². The van der Waals surface area contributed by atoms with Gasteiger partial charge in [0.05, 0.1) is 22.1 Å². The van der Waals surface area contributed by atoms with Gasteiger partial charge in [0.25, 0.3) is 0 Å². The molecule has 0 spiro atoms.